The predicted octanol–water partition coefficient (Wildman–Crippen LogP) is 2.31. The Morgan fingerprint density at radius 2 is 1.60 bits per heavy atom. The zero-order chi connectivity index (χ0) is 14.3. The number of benzene rings is 2. The highest BCUT2D eigenvalue weighted by atomic mass is 16.5. The molecule has 0 saturated carbocycles. The summed E-state index contributed by atoms with van der Waals surface area (Å²) in [6.07, 6.45) is 0. The van der Waals surface area contributed by atoms with Crippen LogP contribution in [-0.2, 0) is 16.8 Å². The summed E-state index contributed by atoms with van der Waals surface area (Å²) in [6, 6.07) is 20.1. The maximum absolute atomic E-state index is 9.90. The molecule has 0 heterocycles. The van der Waals surface area contributed by atoms with Crippen molar-refractivity contribution in [3.8, 4) is 0 Å². The van der Waals surface area contributed by atoms with Gasteiger partial charge in [0.25, 0.3) is 0 Å². The number of hydrogen-bond acceptors (Lipinski definition) is 3. The maximum atomic E-state index is 9.90. The van der Waals surface area contributed by atoms with Gasteiger partial charge in [-0.3, -0.25) is 5.32 Å². The summed E-state index contributed by atoms with van der Waals surface area (Å²) in [5.41, 5.74) is 1.63. The van der Waals surface area contributed by atoms with E-state index in [-0.39, 0.29) is 6.61 Å². The molecule has 0 fully saturated rings. The van der Waals surface area contributed by atoms with Crippen LogP contribution >= 0.6 is 0 Å². The van der Waals surface area contributed by atoms with Crippen molar-refractivity contribution >= 4 is 0 Å². The number of aliphatic hydroxyl groups excluding tert-OH is 1. The van der Waals surface area contributed by atoms with E-state index >= 15 is 0 Å². The highest BCUT2D eigenvalue weighted by molar-refractivity contribution is 5.26. The monoisotopic (exact) mass is 271 g/mol. The van der Waals surface area contributed by atoms with E-state index in [0.29, 0.717) is 13.2 Å². The second kappa shape index (κ2) is 7.20. The molecule has 2 N–H and O–H groups in total. The van der Waals surface area contributed by atoms with Gasteiger partial charge in [-0.05, 0) is 11.1 Å². The molecule has 0 aliphatic carbocycles. The standard InChI is InChI=1S/C17H21NO2/c1-20-14-17(13-19,16-10-6-3-7-11-16)18-12-15-8-4-2-5-9-15/h2-11,18-19H,12-14H2,1H3. The normalized spacial score (nSPS) is 13.9. The fourth-order valence-corrected chi connectivity index (χ4v) is 2.30. The Kier molecular flexibility index (Phi) is 5.30. The van der Waals surface area contributed by atoms with Crippen LogP contribution in [0.4, 0.5) is 0 Å². The lowest BCUT2D eigenvalue weighted by Gasteiger charge is -2.33. The van der Waals surface area contributed by atoms with Crippen molar-refractivity contribution in [2.75, 3.05) is 20.3 Å². The van der Waals surface area contributed by atoms with E-state index in [2.05, 4.69) is 17.4 Å². The van der Waals surface area contributed by atoms with Crippen LogP contribution in [-0.4, -0.2) is 25.4 Å². The third kappa shape index (κ3) is 3.45. The van der Waals surface area contributed by atoms with Crippen LogP contribution in [0.1, 0.15) is 11.1 Å². The molecule has 2 aromatic carbocycles. The molecule has 0 radical (unpaired) electrons. The van der Waals surface area contributed by atoms with E-state index in [1.807, 2.05) is 48.5 Å². The van der Waals surface area contributed by atoms with Gasteiger partial charge in [0, 0.05) is 13.7 Å². The first-order valence-electron chi connectivity index (χ1n) is 6.75. The third-order valence-corrected chi connectivity index (χ3v) is 3.46. The molecule has 2 aromatic rings. The molecule has 3 heteroatoms. The maximum Gasteiger partial charge on any atom is 0.0908 e. The van der Waals surface area contributed by atoms with E-state index in [1.54, 1.807) is 7.11 Å². The Labute approximate surface area is 120 Å². The highest BCUT2D eigenvalue weighted by Crippen LogP contribution is 2.22. The highest BCUT2D eigenvalue weighted by Gasteiger charge is 2.30. The number of methoxy groups -OCH3 is 1. The molecule has 0 bridgehead atoms. The van der Waals surface area contributed by atoms with Gasteiger partial charge in [-0.15, -0.1) is 0 Å². The molecule has 2 rings (SSSR count). The first kappa shape index (κ1) is 14.7. The van der Waals surface area contributed by atoms with Crippen LogP contribution in [0.2, 0.25) is 0 Å². The summed E-state index contributed by atoms with van der Waals surface area (Å²) in [7, 11) is 1.65. The minimum atomic E-state index is -0.578. The SMILES string of the molecule is COCC(CO)(NCc1ccccc1)c1ccccc1. The summed E-state index contributed by atoms with van der Waals surface area (Å²) in [5, 5.41) is 13.3. The van der Waals surface area contributed by atoms with Gasteiger partial charge in [0.2, 0.25) is 0 Å². The average molecular weight is 271 g/mol. The molecule has 20 heavy (non-hydrogen) atoms. The van der Waals surface area contributed by atoms with Gasteiger partial charge >= 0.3 is 0 Å². The van der Waals surface area contributed by atoms with Gasteiger partial charge < -0.3 is 9.84 Å². The van der Waals surface area contributed by atoms with Gasteiger partial charge in [0.15, 0.2) is 0 Å². The Balaban J connectivity index is 2.19. The number of nitrogens with one attached hydrogen (secondary N) is 1. The Bertz CT molecular complexity index is 501. The predicted molar refractivity (Wildman–Crippen MR) is 80.4 cm³/mol. The zero-order valence-corrected chi connectivity index (χ0v) is 11.8. The van der Waals surface area contributed by atoms with Gasteiger partial charge in [-0.2, -0.15) is 0 Å². The van der Waals surface area contributed by atoms with Crippen LogP contribution in [0.25, 0.3) is 0 Å². The first-order valence-corrected chi connectivity index (χ1v) is 6.75. The largest absolute Gasteiger partial charge is 0.394 e. The Morgan fingerprint density at radius 3 is 2.15 bits per heavy atom. The quantitative estimate of drug-likeness (QED) is 0.812. The average Bonchev–Trinajstić information content (AvgIpc) is 2.53. The molecule has 0 spiro atoms. The smallest absolute Gasteiger partial charge is 0.0908 e. The fourth-order valence-electron chi connectivity index (χ4n) is 2.30. The summed E-state index contributed by atoms with van der Waals surface area (Å²) < 4.78 is 5.32. The van der Waals surface area contributed by atoms with Crippen molar-refractivity contribution < 1.29 is 9.84 Å². The van der Waals surface area contributed by atoms with Crippen LogP contribution in [0.5, 0.6) is 0 Å². The molecule has 0 aliphatic rings. The molecule has 0 aromatic heterocycles. The lowest BCUT2D eigenvalue weighted by Crippen LogP contribution is -2.48. The van der Waals surface area contributed by atoms with Gasteiger partial charge in [-0.25, -0.2) is 0 Å². The van der Waals surface area contributed by atoms with Crippen LogP contribution < -0.4 is 5.32 Å². The van der Waals surface area contributed by atoms with E-state index in [9.17, 15) is 5.11 Å². The number of rotatable bonds is 7. The van der Waals surface area contributed by atoms with Crippen LogP contribution in [0.15, 0.2) is 60.7 Å². The summed E-state index contributed by atoms with van der Waals surface area (Å²) >= 11 is 0. The van der Waals surface area contributed by atoms with Crippen LogP contribution in [0.3, 0.4) is 0 Å². The lowest BCUT2D eigenvalue weighted by molar-refractivity contribution is 0.0592. The summed E-state index contributed by atoms with van der Waals surface area (Å²) in [5.74, 6) is 0. The number of aliphatic hydroxyl groups is 1. The molecule has 1 atom stereocenters. The van der Waals surface area contributed by atoms with Crippen molar-refractivity contribution in [1.29, 1.82) is 0 Å². The Morgan fingerprint density at radius 1 is 1.00 bits per heavy atom. The van der Waals surface area contributed by atoms with E-state index in [4.69, 9.17) is 4.74 Å². The van der Waals surface area contributed by atoms with Crippen molar-refractivity contribution in [3.05, 3.63) is 71.8 Å². The molecule has 0 aliphatic heterocycles. The molecular formula is C17H21NO2. The number of hydrogen-bond donors (Lipinski definition) is 2. The second-order valence-electron chi connectivity index (χ2n) is 4.88. The van der Waals surface area contributed by atoms with Gasteiger partial charge in [0.05, 0.1) is 18.8 Å². The van der Waals surface area contributed by atoms with Gasteiger partial charge in [-0.1, -0.05) is 60.7 Å². The first-order chi connectivity index (χ1) is 9.80. The van der Waals surface area contributed by atoms with Crippen molar-refractivity contribution in [2.24, 2.45) is 0 Å². The minimum Gasteiger partial charge on any atom is -0.394 e. The minimum absolute atomic E-state index is 0.0162. The number of ether oxygens (including phenoxy) is 1. The third-order valence-electron chi connectivity index (χ3n) is 3.46. The van der Waals surface area contributed by atoms with Crippen LogP contribution in [0, 0.1) is 0 Å². The fraction of sp³-hybridized carbons (Fsp3) is 0.294. The summed E-state index contributed by atoms with van der Waals surface area (Å²) in [6.45, 7) is 1.08. The zero-order valence-electron chi connectivity index (χ0n) is 11.8. The van der Waals surface area contributed by atoms with Gasteiger partial charge in [0.1, 0.15) is 0 Å². The summed E-state index contributed by atoms with van der Waals surface area (Å²) in [4.78, 5) is 0. The van der Waals surface area contributed by atoms with E-state index in [1.165, 1.54) is 5.56 Å². The molecule has 3 nitrogen and oxygen atoms in total. The molecular weight excluding hydrogens is 250 g/mol. The molecule has 106 valence electrons. The van der Waals surface area contributed by atoms with Crippen molar-refractivity contribution in [3.63, 3.8) is 0 Å². The van der Waals surface area contributed by atoms with Crippen molar-refractivity contribution in [1.82, 2.24) is 5.32 Å². The molecule has 1 unspecified atom stereocenters. The topological polar surface area (TPSA) is 41.5 Å². The van der Waals surface area contributed by atoms with E-state index < -0.39 is 5.54 Å². The van der Waals surface area contributed by atoms with Crippen molar-refractivity contribution in [2.45, 2.75) is 12.1 Å². The Hall–Kier alpha value is -1.68. The molecule has 0 amide bonds. The molecule has 0 saturated heterocycles. The lowest BCUT2D eigenvalue weighted by atomic mass is 9.91. The second-order valence-corrected chi connectivity index (χ2v) is 4.88. The van der Waals surface area contributed by atoms with E-state index in [0.717, 1.165) is 5.56 Å².